The van der Waals surface area contributed by atoms with Crippen LogP contribution < -0.4 is 5.32 Å². The topological polar surface area (TPSA) is 65.4 Å². The standard InChI is InChI=1S/C9H12BrFN2O2/c10-6-3-7(11)9(13-4-6)8(15)5-12-1-2-14/h3-4,8,12,14-15H,1-2,5H2. The van der Waals surface area contributed by atoms with Crippen molar-refractivity contribution in [2.75, 3.05) is 19.7 Å². The number of pyridine rings is 1. The van der Waals surface area contributed by atoms with Crippen LogP contribution in [0.3, 0.4) is 0 Å². The predicted molar refractivity (Wildman–Crippen MR) is 56.8 cm³/mol. The summed E-state index contributed by atoms with van der Waals surface area (Å²) in [6.45, 7) is 0.490. The van der Waals surface area contributed by atoms with Crippen LogP contribution in [0.1, 0.15) is 11.8 Å². The van der Waals surface area contributed by atoms with Gasteiger partial charge in [0.1, 0.15) is 17.6 Å². The minimum atomic E-state index is -1.01. The van der Waals surface area contributed by atoms with Gasteiger partial charge in [-0.2, -0.15) is 0 Å². The summed E-state index contributed by atoms with van der Waals surface area (Å²) in [6, 6.07) is 1.25. The molecule has 0 aromatic carbocycles. The summed E-state index contributed by atoms with van der Waals surface area (Å²) in [6.07, 6.45) is 0.415. The molecular weight excluding hydrogens is 267 g/mol. The minimum absolute atomic E-state index is 0.00337. The number of rotatable bonds is 5. The molecular formula is C9H12BrFN2O2. The Morgan fingerprint density at radius 1 is 1.60 bits per heavy atom. The van der Waals surface area contributed by atoms with E-state index in [2.05, 4.69) is 26.2 Å². The van der Waals surface area contributed by atoms with Crippen molar-refractivity contribution < 1.29 is 14.6 Å². The van der Waals surface area contributed by atoms with Gasteiger partial charge >= 0.3 is 0 Å². The first-order valence-electron chi connectivity index (χ1n) is 4.45. The van der Waals surface area contributed by atoms with E-state index in [0.717, 1.165) is 0 Å². The number of aliphatic hydroxyl groups is 2. The number of nitrogens with one attached hydrogen (secondary N) is 1. The fraction of sp³-hybridized carbons (Fsp3) is 0.444. The highest BCUT2D eigenvalue weighted by Gasteiger charge is 2.14. The molecule has 0 aliphatic rings. The molecule has 0 fully saturated rings. The van der Waals surface area contributed by atoms with E-state index < -0.39 is 11.9 Å². The van der Waals surface area contributed by atoms with Gasteiger partial charge in [-0.25, -0.2) is 4.39 Å². The molecule has 0 aliphatic carbocycles. The molecule has 1 unspecified atom stereocenters. The van der Waals surface area contributed by atoms with Crippen molar-refractivity contribution in [3.05, 3.63) is 28.2 Å². The second-order valence-corrected chi connectivity index (χ2v) is 3.88. The summed E-state index contributed by atoms with van der Waals surface area (Å²) < 4.78 is 13.8. The van der Waals surface area contributed by atoms with Crippen molar-refractivity contribution in [1.29, 1.82) is 0 Å². The maximum atomic E-state index is 13.3. The van der Waals surface area contributed by atoms with E-state index in [0.29, 0.717) is 11.0 Å². The van der Waals surface area contributed by atoms with Gasteiger partial charge < -0.3 is 15.5 Å². The minimum Gasteiger partial charge on any atom is -0.395 e. The normalized spacial score (nSPS) is 12.8. The quantitative estimate of drug-likeness (QED) is 0.691. The number of aliphatic hydroxyl groups excluding tert-OH is 2. The zero-order valence-electron chi connectivity index (χ0n) is 7.95. The molecule has 0 saturated carbocycles. The lowest BCUT2D eigenvalue weighted by Gasteiger charge is -2.11. The van der Waals surface area contributed by atoms with Crippen molar-refractivity contribution in [3.8, 4) is 0 Å². The van der Waals surface area contributed by atoms with Gasteiger partial charge in [-0.15, -0.1) is 0 Å². The van der Waals surface area contributed by atoms with Gasteiger partial charge in [-0.05, 0) is 22.0 Å². The Morgan fingerprint density at radius 3 is 2.93 bits per heavy atom. The molecule has 0 bridgehead atoms. The molecule has 3 N–H and O–H groups in total. The molecule has 1 atom stereocenters. The lowest BCUT2D eigenvalue weighted by atomic mass is 10.2. The zero-order valence-corrected chi connectivity index (χ0v) is 9.54. The molecule has 4 nitrogen and oxygen atoms in total. The van der Waals surface area contributed by atoms with Gasteiger partial charge in [-0.1, -0.05) is 0 Å². The van der Waals surface area contributed by atoms with Gasteiger partial charge in [0.2, 0.25) is 0 Å². The van der Waals surface area contributed by atoms with Gasteiger partial charge in [0.15, 0.2) is 0 Å². The highest BCUT2D eigenvalue weighted by atomic mass is 79.9. The third-order valence-electron chi connectivity index (χ3n) is 1.78. The number of halogens is 2. The van der Waals surface area contributed by atoms with E-state index in [4.69, 9.17) is 5.11 Å². The highest BCUT2D eigenvalue weighted by molar-refractivity contribution is 9.10. The molecule has 0 amide bonds. The Labute approximate surface area is 95.3 Å². The fourth-order valence-corrected chi connectivity index (χ4v) is 1.39. The van der Waals surface area contributed by atoms with Crippen LogP contribution in [0, 0.1) is 5.82 Å². The van der Waals surface area contributed by atoms with Crippen LogP contribution >= 0.6 is 15.9 Å². The van der Waals surface area contributed by atoms with Crippen molar-refractivity contribution in [3.63, 3.8) is 0 Å². The zero-order chi connectivity index (χ0) is 11.3. The first kappa shape index (κ1) is 12.5. The van der Waals surface area contributed by atoms with Crippen molar-refractivity contribution in [2.24, 2.45) is 0 Å². The summed E-state index contributed by atoms with van der Waals surface area (Å²) in [5, 5.41) is 20.8. The van der Waals surface area contributed by atoms with Gasteiger partial charge in [0.05, 0.1) is 6.61 Å². The number of hydrogen-bond acceptors (Lipinski definition) is 4. The van der Waals surface area contributed by atoms with Gasteiger partial charge in [0.25, 0.3) is 0 Å². The average molecular weight is 279 g/mol. The fourth-order valence-electron chi connectivity index (χ4n) is 1.08. The lowest BCUT2D eigenvalue weighted by Crippen LogP contribution is -2.25. The molecule has 0 saturated heterocycles. The van der Waals surface area contributed by atoms with E-state index in [1.54, 1.807) is 0 Å². The lowest BCUT2D eigenvalue weighted by molar-refractivity contribution is 0.161. The molecule has 6 heteroatoms. The Hall–Kier alpha value is -0.560. The summed E-state index contributed by atoms with van der Waals surface area (Å²) in [4.78, 5) is 3.78. The van der Waals surface area contributed by atoms with Crippen LogP contribution in [0.15, 0.2) is 16.7 Å². The number of nitrogens with zero attached hydrogens (tertiary/aromatic N) is 1. The Bertz CT molecular complexity index is 325. The maximum Gasteiger partial charge on any atom is 0.148 e. The Kier molecular flexibility index (Phi) is 5.10. The van der Waals surface area contributed by atoms with Crippen LogP contribution in [0.25, 0.3) is 0 Å². The number of aromatic nitrogens is 1. The van der Waals surface area contributed by atoms with Crippen LogP contribution in [0.2, 0.25) is 0 Å². The SMILES string of the molecule is OCCNCC(O)c1ncc(Br)cc1F. The predicted octanol–water partition coefficient (Wildman–Crippen LogP) is 0.599. The molecule has 1 rings (SSSR count). The second kappa shape index (κ2) is 6.12. The van der Waals surface area contributed by atoms with E-state index in [9.17, 15) is 9.50 Å². The van der Waals surface area contributed by atoms with Crippen molar-refractivity contribution >= 4 is 15.9 Å². The van der Waals surface area contributed by atoms with Gasteiger partial charge in [0, 0.05) is 23.8 Å². The van der Waals surface area contributed by atoms with Crippen molar-refractivity contribution in [2.45, 2.75) is 6.10 Å². The molecule has 1 aromatic rings. The molecule has 0 spiro atoms. The first-order valence-corrected chi connectivity index (χ1v) is 5.25. The first-order chi connectivity index (χ1) is 7.15. The molecule has 0 radical (unpaired) electrons. The summed E-state index contributed by atoms with van der Waals surface area (Å²) in [7, 11) is 0. The van der Waals surface area contributed by atoms with Gasteiger partial charge in [-0.3, -0.25) is 4.98 Å². The summed E-state index contributed by atoms with van der Waals surface area (Å²) in [5.41, 5.74) is 0.00337. The summed E-state index contributed by atoms with van der Waals surface area (Å²) in [5.74, 6) is -0.553. The smallest absolute Gasteiger partial charge is 0.148 e. The highest BCUT2D eigenvalue weighted by Crippen LogP contribution is 2.17. The largest absolute Gasteiger partial charge is 0.395 e. The van der Waals surface area contributed by atoms with E-state index in [1.807, 2.05) is 0 Å². The Morgan fingerprint density at radius 2 is 2.33 bits per heavy atom. The van der Waals surface area contributed by atoms with E-state index >= 15 is 0 Å². The van der Waals surface area contributed by atoms with Crippen LogP contribution in [-0.4, -0.2) is 34.9 Å². The number of hydrogen-bond donors (Lipinski definition) is 3. The maximum absolute atomic E-state index is 13.3. The van der Waals surface area contributed by atoms with Crippen LogP contribution in [0.4, 0.5) is 4.39 Å². The second-order valence-electron chi connectivity index (χ2n) is 2.96. The summed E-state index contributed by atoms with van der Waals surface area (Å²) >= 11 is 3.08. The Balaban J connectivity index is 2.61. The van der Waals surface area contributed by atoms with Crippen molar-refractivity contribution in [1.82, 2.24) is 10.3 Å². The molecule has 1 heterocycles. The monoisotopic (exact) mass is 278 g/mol. The van der Waals surface area contributed by atoms with Crippen LogP contribution in [0.5, 0.6) is 0 Å². The van der Waals surface area contributed by atoms with E-state index in [-0.39, 0.29) is 18.8 Å². The molecule has 84 valence electrons. The average Bonchev–Trinajstić information content (AvgIpc) is 2.17. The van der Waals surface area contributed by atoms with E-state index in [1.165, 1.54) is 12.3 Å². The van der Waals surface area contributed by atoms with Crippen LogP contribution in [-0.2, 0) is 0 Å². The third-order valence-corrected chi connectivity index (χ3v) is 2.21. The third kappa shape index (κ3) is 3.83. The molecule has 15 heavy (non-hydrogen) atoms. The molecule has 0 aliphatic heterocycles. The molecule has 1 aromatic heterocycles.